The van der Waals surface area contributed by atoms with Gasteiger partial charge in [-0.3, -0.25) is 0 Å². The van der Waals surface area contributed by atoms with Crippen LogP contribution in [0.4, 0.5) is 5.69 Å². The van der Waals surface area contributed by atoms with E-state index in [9.17, 15) is 8.42 Å². The fraction of sp³-hybridized carbons (Fsp3) is 0.167. The maximum Gasteiger partial charge on any atom is 0.250 e. The highest BCUT2D eigenvalue weighted by Gasteiger charge is 2.18. The van der Waals surface area contributed by atoms with Gasteiger partial charge in [-0.25, -0.2) is 13.1 Å². The predicted octanol–water partition coefficient (Wildman–Crippen LogP) is 2.77. The molecule has 4 nitrogen and oxygen atoms in total. The summed E-state index contributed by atoms with van der Waals surface area (Å²) in [5.41, 5.74) is 6.89. The van der Waals surface area contributed by atoms with Crippen molar-refractivity contribution in [2.75, 3.05) is 5.73 Å². The summed E-state index contributed by atoms with van der Waals surface area (Å²) < 4.78 is 26.9. The molecular formula is C12H13ClN2O2S2. The highest BCUT2D eigenvalue weighted by molar-refractivity contribution is 7.91. The summed E-state index contributed by atoms with van der Waals surface area (Å²) in [6.45, 7) is 1.94. The maximum absolute atomic E-state index is 12.1. The second-order valence-corrected chi connectivity index (χ2v) is 7.65. The second kappa shape index (κ2) is 5.50. The van der Waals surface area contributed by atoms with Gasteiger partial charge in [0.1, 0.15) is 4.21 Å². The number of hydrogen-bond acceptors (Lipinski definition) is 4. The normalized spacial score (nSPS) is 11.7. The molecule has 7 heteroatoms. The van der Waals surface area contributed by atoms with E-state index in [-0.39, 0.29) is 10.8 Å². The van der Waals surface area contributed by atoms with Crippen molar-refractivity contribution < 1.29 is 8.42 Å². The SMILES string of the molecule is Cc1sc(S(=O)(=O)NCc2ccccc2Cl)cc1N. The molecule has 0 amide bonds. The number of benzene rings is 1. The number of nitrogens with one attached hydrogen (secondary N) is 1. The molecule has 0 aliphatic carbocycles. The molecule has 2 rings (SSSR count). The Morgan fingerprint density at radius 2 is 2.05 bits per heavy atom. The van der Waals surface area contributed by atoms with Crippen LogP contribution in [-0.4, -0.2) is 8.42 Å². The second-order valence-electron chi connectivity index (χ2n) is 3.99. The summed E-state index contributed by atoms with van der Waals surface area (Å²) >= 11 is 7.13. The lowest BCUT2D eigenvalue weighted by molar-refractivity contribution is 0.583. The number of sulfonamides is 1. The van der Waals surface area contributed by atoms with Crippen molar-refractivity contribution in [3.63, 3.8) is 0 Å². The standard InChI is InChI=1S/C12H13ClN2O2S2/c1-8-11(14)6-12(18-8)19(16,17)15-7-9-4-2-3-5-10(9)13/h2-6,15H,7,14H2,1H3. The fourth-order valence-electron chi connectivity index (χ4n) is 1.49. The number of rotatable bonds is 4. The zero-order chi connectivity index (χ0) is 14.0. The first-order chi connectivity index (χ1) is 8.90. The highest BCUT2D eigenvalue weighted by atomic mass is 35.5. The van der Waals surface area contributed by atoms with Crippen LogP contribution >= 0.6 is 22.9 Å². The molecule has 1 aromatic carbocycles. The van der Waals surface area contributed by atoms with Crippen LogP contribution < -0.4 is 10.5 Å². The van der Waals surface area contributed by atoms with Gasteiger partial charge in [0.2, 0.25) is 10.0 Å². The molecule has 19 heavy (non-hydrogen) atoms. The van der Waals surface area contributed by atoms with Crippen LogP contribution in [0, 0.1) is 6.92 Å². The summed E-state index contributed by atoms with van der Waals surface area (Å²) in [5.74, 6) is 0. The first kappa shape index (κ1) is 14.3. The van der Waals surface area contributed by atoms with Gasteiger partial charge in [-0.2, -0.15) is 0 Å². The fourth-order valence-corrected chi connectivity index (χ4v) is 4.11. The molecule has 1 aromatic heterocycles. The zero-order valence-corrected chi connectivity index (χ0v) is 12.6. The third-order valence-corrected chi connectivity index (χ3v) is 5.92. The molecule has 2 aromatic rings. The molecule has 0 atom stereocenters. The lowest BCUT2D eigenvalue weighted by Gasteiger charge is -2.06. The van der Waals surface area contributed by atoms with Gasteiger partial charge in [0.15, 0.2) is 0 Å². The molecule has 3 N–H and O–H groups in total. The molecule has 0 saturated carbocycles. The number of anilines is 1. The Bertz CT molecular complexity index is 676. The average molecular weight is 317 g/mol. The first-order valence-electron chi connectivity index (χ1n) is 5.49. The third kappa shape index (κ3) is 3.27. The van der Waals surface area contributed by atoms with Gasteiger partial charge < -0.3 is 5.73 Å². The Kier molecular flexibility index (Phi) is 4.15. The van der Waals surface area contributed by atoms with Crippen LogP contribution in [0.2, 0.25) is 5.02 Å². The Morgan fingerprint density at radius 3 is 2.63 bits per heavy atom. The maximum atomic E-state index is 12.1. The van der Waals surface area contributed by atoms with Crippen molar-refractivity contribution >= 4 is 38.6 Å². The van der Waals surface area contributed by atoms with E-state index in [1.54, 1.807) is 25.1 Å². The van der Waals surface area contributed by atoms with Gasteiger partial charge in [-0.1, -0.05) is 29.8 Å². The van der Waals surface area contributed by atoms with Crippen LogP contribution in [0.1, 0.15) is 10.4 Å². The molecule has 0 bridgehead atoms. The third-order valence-electron chi connectivity index (χ3n) is 2.61. The number of hydrogen-bond donors (Lipinski definition) is 2. The van der Waals surface area contributed by atoms with Gasteiger partial charge in [0, 0.05) is 22.1 Å². The van der Waals surface area contributed by atoms with Crippen LogP contribution in [0.25, 0.3) is 0 Å². The molecule has 0 aliphatic rings. The Labute approximate surface area is 121 Å². The summed E-state index contributed by atoms with van der Waals surface area (Å²) in [6.07, 6.45) is 0. The van der Waals surface area contributed by atoms with Crippen molar-refractivity contribution in [3.8, 4) is 0 Å². The molecule has 102 valence electrons. The molecule has 0 radical (unpaired) electrons. The van der Waals surface area contributed by atoms with Crippen molar-refractivity contribution in [1.82, 2.24) is 4.72 Å². The van der Waals surface area contributed by atoms with Crippen LogP contribution in [0.3, 0.4) is 0 Å². The largest absolute Gasteiger partial charge is 0.398 e. The van der Waals surface area contributed by atoms with Crippen molar-refractivity contribution in [2.24, 2.45) is 0 Å². The highest BCUT2D eigenvalue weighted by Crippen LogP contribution is 2.27. The minimum Gasteiger partial charge on any atom is -0.398 e. The van der Waals surface area contributed by atoms with Crippen molar-refractivity contribution in [2.45, 2.75) is 17.7 Å². The van der Waals surface area contributed by atoms with Gasteiger partial charge >= 0.3 is 0 Å². The molecule has 0 fully saturated rings. The first-order valence-corrected chi connectivity index (χ1v) is 8.17. The van der Waals surface area contributed by atoms with E-state index in [0.717, 1.165) is 21.8 Å². The quantitative estimate of drug-likeness (QED) is 0.911. The Hall–Kier alpha value is -1.08. The number of nitrogen functional groups attached to an aromatic ring is 1. The predicted molar refractivity (Wildman–Crippen MR) is 78.9 cm³/mol. The number of halogens is 1. The van der Waals surface area contributed by atoms with E-state index in [1.165, 1.54) is 6.07 Å². The van der Waals surface area contributed by atoms with Crippen LogP contribution in [0.5, 0.6) is 0 Å². The summed E-state index contributed by atoms with van der Waals surface area (Å²) in [4.78, 5) is 0.790. The summed E-state index contributed by atoms with van der Waals surface area (Å²) in [7, 11) is -3.55. The van der Waals surface area contributed by atoms with E-state index >= 15 is 0 Å². The van der Waals surface area contributed by atoms with E-state index < -0.39 is 10.0 Å². The van der Waals surface area contributed by atoms with E-state index in [1.807, 2.05) is 6.07 Å². The minimum atomic E-state index is -3.55. The van der Waals surface area contributed by atoms with Gasteiger partial charge in [-0.15, -0.1) is 11.3 Å². The molecule has 0 saturated heterocycles. The molecule has 1 heterocycles. The van der Waals surface area contributed by atoms with Gasteiger partial charge in [0.25, 0.3) is 0 Å². The molecule has 0 spiro atoms. The van der Waals surface area contributed by atoms with Crippen LogP contribution in [0.15, 0.2) is 34.5 Å². The van der Waals surface area contributed by atoms with E-state index in [0.29, 0.717) is 10.7 Å². The number of nitrogens with two attached hydrogens (primary N) is 1. The monoisotopic (exact) mass is 316 g/mol. The lowest BCUT2D eigenvalue weighted by Crippen LogP contribution is -2.22. The molecule has 0 aliphatic heterocycles. The summed E-state index contributed by atoms with van der Waals surface area (Å²) in [5, 5.41) is 0.534. The van der Waals surface area contributed by atoms with Crippen molar-refractivity contribution in [3.05, 3.63) is 45.8 Å². The van der Waals surface area contributed by atoms with Gasteiger partial charge in [0.05, 0.1) is 0 Å². The summed E-state index contributed by atoms with van der Waals surface area (Å²) in [6, 6.07) is 8.57. The smallest absolute Gasteiger partial charge is 0.250 e. The lowest BCUT2D eigenvalue weighted by atomic mass is 10.2. The molecule has 0 unspecified atom stereocenters. The van der Waals surface area contributed by atoms with Gasteiger partial charge in [-0.05, 0) is 24.6 Å². The van der Waals surface area contributed by atoms with E-state index in [4.69, 9.17) is 17.3 Å². The minimum absolute atomic E-state index is 0.152. The zero-order valence-electron chi connectivity index (χ0n) is 10.2. The van der Waals surface area contributed by atoms with Crippen molar-refractivity contribution in [1.29, 1.82) is 0 Å². The molecular weight excluding hydrogens is 304 g/mol. The Balaban J connectivity index is 2.17. The van der Waals surface area contributed by atoms with E-state index in [2.05, 4.69) is 4.72 Å². The number of aryl methyl sites for hydroxylation is 1. The van der Waals surface area contributed by atoms with Crippen LogP contribution in [-0.2, 0) is 16.6 Å². The topological polar surface area (TPSA) is 72.2 Å². The number of thiophene rings is 1. The Morgan fingerprint density at radius 1 is 1.37 bits per heavy atom. The average Bonchev–Trinajstić information content (AvgIpc) is 2.70.